The van der Waals surface area contributed by atoms with Crippen molar-refractivity contribution >= 4 is 45.2 Å². The summed E-state index contributed by atoms with van der Waals surface area (Å²) in [7, 11) is 0. The van der Waals surface area contributed by atoms with Crippen LogP contribution in [-0.4, -0.2) is 29.6 Å². The van der Waals surface area contributed by atoms with Gasteiger partial charge in [0.1, 0.15) is 22.7 Å². The Kier molecular flexibility index (Phi) is 5.21. The monoisotopic (exact) mass is 515 g/mol. The van der Waals surface area contributed by atoms with Crippen LogP contribution in [0.5, 0.6) is 0 Å². The number of hydrogen-bond donors (Lipinski definition) is 1. The van der Waals surface area contributed by atoms with Gasteiger partial charge in [0.25, 0.3) is 5.91 Å². The number of rotatable bonds is 4. The highest BCUT2D eigenvalue weighted by molar-refractivity contribution is 14.1. The van der Waals surface area contributed by atoms with Gasteiger partial charge in [-0.25, -0.2) is 9.97 Å². The molecule has 29 heavy (non-hydrogen) atoms. The molecule has 3 aromatic heterocycles. The van der Waals surface area contributed by atoms with Crippen LogP contribution in [0.3, 0.4) is 0 Å². The summed E-state index contributed by atoms with van der Waals surface area (Å²) in [5.41, 5.74) is -0.744. The van der Waals surface area contributed by atoms with Crippen LogP contribution in [0.25, 0.3) is 10.9 Å². The molecule has 1 N–H and O–H groups in total. The lowest BCUT2D eigenvalue weighted by Gasteiger charge is -2.37. The molecule has 3 aromatic rings. The zero-order chi connectivity index (χ0) is 20.8. The molecule has 3 heterocycles. The van der Waals surface area contributed by atoms with E-state index in [1.165, 1.54) is 12.3 Å². The first-order valence-electron chi connectivity index (χ1n) is 9.05. The van der Waals surface area contributed by atoms with Gasteiger partial charge in [-0.15, -0.1) is 0 Å². The minimum atomic E-state index is -4.61. The zero-order valence-corrected chi connectivity index (χ0v) is 17.5. The third kappa shape index (κ3) is 4.21. The molecule has 0 aromatic carbocycles. The molecule has 1 atom stereocenters. The average Bonchev–Trinajstić information content (AvgIpc) is 3.02. The molecule has 152 valence electrons. The highest BCUT2D eigenvalue weighted by Gasteiger charge is 2.34. The van der Waals surface area contributed by atoms with Gasteiger partial charge >= 0.3 is 6.18 Å². The summed E-state index contributed by atoms with van der Waals surface area (Å²) in [5.74, 6) is 0.169. The summed E-state index contributed by atoms with van der Waals surface area (Å²) in [6.07, 6.45) is 0.996. The maximum Gasteiger partial charge on any atom is 0.433 e. The second kappa shape index (κ2) is 7.54. The standard InChI is InChI=1S/C19H17F3IN5O/c1-10(23)11-5-13(6-11)28-9-12-7-17(24-8-15(12)27-28)26-18(29)14-3-2-4-16(25-14)19(20,21)22/h2-4,7-11,13H,5-6H2,1H3,(H,26,29). The Morgan fingerprint density at radius 1 is 1.34 bits per heavy atom. The Labute approximate surface area is 178 Å². The number of alkyl halides is 4. The largest absolute Gasteiger partial charge is 0.433 e. The maximum absolute atomic E-state index is 12.8. The van der Waals surface area contributed by atoms with Crippen LogP contribution in [0.4, 0.5) is 19.0 Å². The molecule has 1 aliphatic rings. The number of anilines is 1. The van der Waals surface area contributed by atoms with Crippen molar-refractivity contribution in [1.29, 1.82) is 0 Å². The maximum atomic E-state index is 12.8. The summed E-state index contributed by atoms with van der Waals surface area (Å²) in [6.45, 7) is 2.21. The van der Waals surface area contributed by atoms with Gasteiger partial charge in [0.2, 0.25) is 0 Å². The van der Waals surface area contributed by atoms with Gasteiger partial charge in [-0.05, 0) is 37.0 Å². The number of nitrogens with one attached hydrogen (secondary N) is 1. The Hall–Kier alpha value is -2.24. The van der Waals surface area contributed by atoms with Gasteiger partial charge in [0.05, 0.1) is 12.2 Å². The van der Waals surface area contributed by atoms with E-state index >= 15 is 0 Å². The lowest BCUT2D eigenvalue weighted by molar-refractivity contribution is -0.141. The van der Waals surface area contributed by atoms with Crippen molar-refractivity contribution in [2.24, 2.45) is 5.92 Å². The van der Waals surface area contributed by atoms with Gasteiger partial charge < -0.3 is 5.32 Å². The summed E-state index contributed by atoms with van der Waals surface area (Å²) < 4.78 is 40.9. The Morgan fingerprint density at radius 2 is 2.10 bits per heavy atom. The van der Waals surface area contributed by atoms with E-state index in [1.54, 1.807) is 6.07 Å². The lowest BCUT2D eigenvalue weighted by Crippen LogP contribution is -2.31. The van der Waals surface area contributed by atoms with E-state index in [1.807, 2.05) is 10.9 Å². The molecule has 0 spiro atoms. The molecule has 1 saturated carbocycles. The molecule has 0 radical (unpaired) electrons. The van der Waals surface area contributed by atoms with Crippen molar-refractivity contribution in [2.45, 2.75) is 35.9 Å². The van der Waals surface area contributed by atoms with Gasteiger partial charge in [0.15, 0.2) is 0 Å². The molecule has 0 saturated heterocycles. The topological polar surface area (TPSA) is 72.7 Å². The number of halogens is 4. The molecule has 0 bridgehead atoms. The second-order valence-corrected chi connectivity index (χ2v) is 9.13. The third-order valence-corrected chi connectivity index (χ3v) is 6.11. The van der Waals surface area contributed by atoms with E-state index in [0.29, 0.717) is 21.4 Å². The van der Waals surface area contributed by atoms with Crippen LogP contribution < -0.4 is 5.32 Å². The Bertz CT molecular complexity index is 1060. The lowest BCUT2D eigenvalue weighted by atomic mass is 9.79. The van der Waals surface area contributed by atoms with Crippen LogP contribution in [-0.2, 0) is 6.18 Å². The van der Waals surface area contributed by atoms with E-state index in [4.69, 9.17) is 0 Å². The highest BCUT2D eigenvalue weighted by Crippen LogP contribution is 2.42. The number of fused-ring (bicyclic) bond motifs is 1. The quantitative estimate of drug-likeness (QED) is 0.398. The van der Waals surface area contributed by atoms with Crippen molar-refractivity contribution in [3.05, 3.63) is 48.0 Å². The van der Waals surface area contributed by atoms with Gasteiger partial charge in [-0.2, -0.15) is 18.3 Å². The predicted octanol–water partition coefficient (Wildman–Crippen LogP) is 4.87. The van der Waals surface area contributed by atoms with Crippen LogP contribution >= 0.6 is 22.6 Å². The highest BCUT2D eigenvalue weighted by atomic mass is 127. The number of nitrogens with zero attached hydrogens (tertiary/aromatic N) is 4. The van der Waals surface area contributed by atoms with E-state index in [0.717, 1.165) is 30.4 Å². The van der Waals surface area contributed by atoms with E-state index < -0.39 is 17.8 Å². The van der Waals surface area contributed by atoms with Crippen molar-refractivity contribution < 1.29 is 18.0 Å². The molecule has 1 aliphatic carbocycles. The minimum absolute atomic E-state index is 0.230. The van der Waals surface area contributed by atoms with Gasteiger partial charge in [-0.1, -0.05) is 35.6 Å². The molecule has 4 rings (SSSR count). The van der Waals surface area contributed by atoms with E-state index in [9.17, 15) is 18.0 Å². The molecule has 0 aliphatic heterocycles. The molecule has 1 unspecified atom stereocenters. The summed E-state index contributed by atoms with van der Waals surface area (Å²) in [4.78, 5) is 19.8. The van der Waals surface area contributed by atoms with Crippen LogP contribution in [0.2, 0.25) is 0 Å². The molecular weight excluding hydrogens is 498 g/mol. The van der Waals surface area contributed by atoms with E-state index in [-0.39, 0.29) is 11.5 Å². The number of carbonyl (C=O) groups is 1. The van der Waals surface area contributed by atoms with Gasteiger partial charge in [-0.3, -0.25) is 9.48 Å². The van der Waals surface area contributed by atoms with Crippen LogP contribution in [0, 0.1) is 5.92 Å². The van der Waals surface area contributed by atoms with E-state index in [2.05, 4.69) is 49.9 Å². The molecular formula is C19H17F3IN5O. The third-order valence-electron chi connectivity index (χ3n) is 5.10. The first kappa shape index (κ1) is 20.0. The van der Waals surface area contributed by atoms with Crippen LogP contribution in [0.15, 0.2) is 36.7 Å². The average molecular weight is 515 g/mol. The van der Waals surface area contributed by atoms with Crippen molar-refractivity contribution in [2.75, 3.05) is 5.32 Å². The number of amides is 1. The summed E-state index contributed by atoms with van der Waals surface area (Å²) >= 11 is 2.44. The second-order valence-electron chi connectivity index (χ2n) is 7.16. The van der Waals surface area contributed by atoms with Gasteiger partial charge in [0, 0.05) is 15.5 Å². The van der Waals surface area contributed by atoms with Crippen molar-refractivity contribution in [3.8, 4) is 0 Å². The Morgan fingerprint density at radius 3 is 2.79 bits per heavy atom. The zero-order valence-electron chi connectivity index (χ0n) is 15.3. The number of carbonyl (C=O) groups excluding carboxylic acids is 1. The fourth-order valence-electron chi connectivity index (χ4n) is 3.32. The smallest absolute Gasteiger partial charge is 0.305 e. The number of hydrogen-bond acceptors (Lipinski definition) is 4. The first-order valence-corrected chi connectivity index (χ1v) is 10.3. The summed E-state index contributed by atoms with van der Waals surface area (Å²) in [6, 6.07) is 5.20. The molecule has 1 fully saturated rings. The SMILES string of the molecule is CC(I)C1CC(n2cc3cc(NC(=O)c4cccc(C(F)(F)F)n4)ncc3n2)C1. The molecule has 10 heteroatoms. The number of aromatic nitrogens is 4. The Balaban J connectivity index is 1.49. The first-order chi connectivity index (χ1) is 13.7. The molecule has 1 amide bonds. The van der Waals surface area contributed by atoms with Crippen molar-refractivity contribution in [1.82, 2.24) is 19.7 Å². The number of pyridine rings is 2. The normalized spacial score (nSPS) is 20.3. The molecule has 6 nitrogen and oxygen atoms in total. The van der Waals surface area contributed by atoms with Crippen LogP contribution in [0.1, 0.15) is 42.0 Å². The predicted molar refractivity (Wildman–Crippen MR) is 110 cm³/mol. The van der Waals surface area contributed by atoms with Crippen molar-refractivity contribution in [3.63, 3.8) is 0 Å². The summed E-state index contributed by atoms with van der Waals surface area (Å²) in [5, 5.41) is 7.85. The fraction of sp³-hybridized carbons (Fsp3) is 0.368. The minimum Gasteiger partial charge on any atom is -0.305 e. The fourth-order valence-corrected chi connectivity index (χ4v) is 3.91.